The molecule has 0 aliphatic carbocycles. The highest BCUT2D eigenvalue weighted by molar-refractivity contribution is 6.30. The Hall–Kier alpha value is -2.95. The summed E-state index contributed by atoms with van der Waals surface area (Å²) in [4.78, 5) is 18.3. The largest absolute Gasteiger partial charge is 0.362 e. The molecule has 5 heteroatoms. The van der Waals surface area contributed by atoms with Gasteiger partial charge in [0.25, 0.3) is 0 Å². The highest BCUT2D eigenvalue weighted by Crippen LogP contribution is 2.39. The van der Waals surface area contributed by atoms with Gasteiger partial charge in [-0.1, -0.05) is 72.3 Å². The zero-order chi connectivity index (χ0) is 18.1. The lowest BCUT2D eigenvalue weighted by Gasteiger charge is -2.34. The lowest BCUT2D eigenvalue weighted by atomic mass is 9.91. The second kappa shape index (κ2) is 6.41. The Morgan fingerprint density at radius 2 is 1.42 bits per heavy atom. The van der Waals surface area contributed by atoms with E-state index in [1.54, 1.807) is 36.4 Å². The number of para-hydroxylation sites is 1. The number of urea groups is 1. The van der Waals surface area contributed by atoms with Gasteiger partial charge in [0.05, 0.1) is 0 Å². The van der Waals surface area contributed by atoms with Gasteiger partial charge >= 0.3 is 6.03 Å². The summed E-state index contributed by atoms with van der Waals surface area (Å²) in [5.41, 5.74) is 0.305. The lowest BCUT2D eigenvalue weighted by molar-refractivity contribution is 0.120. The maximum atomic E-state index is 12.8. The molecule has 0 radical (unpaired) electrons. The second-order valence-corrected chi connectivity index (χ2v) is 6.40. The summed E-state index contributed by atoms with van der Waals surface area (Å²) in [7, 11) is 0. The monoisotopic (exact) mass is 362 g/mol. The van der Waals surface area contributed by atoms with Crippen LogP contribution in [0.4, 0.5) is 10.5 Å². The third-order valence-corrected chi connectivity index (χ3v) is 4.61. The Kier molecular flexibility index (Phi) is 4.07. The number of rotatable bonds is 3. The minimum Gasteiger partial charge on any atom is -0.362 e. The lowest BCUT2D eigenvalue weighted by Crippen LogP contribution is -2.49. The molecule has 0 aromatic heterocycles. The molecule has 1 atom stereocenters. The summed E-state index contributed by atoms with van der Waals surface area (Å²) in [6.07, 6.45) is 0. The first kappa shape index (κ1) is 16.5. The van der Waals surface area contributed by atoms with Crippen LogP contribution in [0.15, 0.2) is 89.9 Å². The van der Waals surface area contributed by atoms with Gasteiger partial charge in [-0.15, -0.1) is 0 Å². The molecule has 0 bridgehead atoms. The number of hydrogen-bond donors (Lipinski definition) is 1. The van der Waals surface area contributed by atoms with Crippen LogP contribution in [0.1, 0.15) is 11.1 Å². The number of nitrogens with zero attached hydrogens (tertiary/aromatic N) is 2. The highest BCUT2D eigenvalue weighted by Gasteiger charge is 2.50. The Morgan fingerprint density at radius 3 is 2.04 bits per heavy atom. The van der Waals surface area contributed by atoms with Gasteiger partial charge in [0.15, 0.2) is 0 Å². The van der Waals surface area contributed by atoms with E-state index in [1.807, 2.05) is 48.5 Å². The van der Waals surface area contributed by atoms with Gasteiger partial charge in [0.1, 0.15) is 5.71 Å². The number of hydrogen-bond acceptors (Lipinski definition) is 2. The van der Waals surface area contributed by atoms with Gasteiger partial charge in [-0.3, -0.25) is 4.90 Å². The van der Waals surface area contributed by atoms with Crippen LogP contribution >= 0.6 is 11.6 Å². The van der Waals surface area contributed by atoms with Crippen LogP contribution < -0.4 is 4.90 Å². The molecule has 3 aromatic carbocycles. The zero-order valence-electron chi connectivity index (χ0n) is 13.7. The third kappa shape index (κ3) is 2.60. The quantitative estimate of drug-likeness (QED) is 0.739. The van der Waals surface area contributed by atoms with Crippen LogP contribution in [0.5, 0.6) is 0 Å². The van der Waals surface area contributed by atoms with Crippen molar-refractivity contribution in [3.05, 3.63) is 101 Å². The molecule has 1 aliphatic heterocycles. The zero-order valence-corrected chi connectivity index (χ0v) is 14.5. The van der Waals surface area contributed by atoms with E-state index in [4.69, 9.17) is 11.6 Å². The van der Waals surface area contributed by atoms with E-state index >= 15 is 0 Å². The molecule has 26 heavy (non-hydrogen) atoms. The third-order valence-electron chi connectivity index (χ3n) is 4.36. The number of carbonyl (C=O) groups excluding carboxylic acids is 1. The molecule has 4 rings (SSSR count). The molecular weight excluding hydrogens is 348 g/mol. The van der Waals surface area contributed by atoms with E-state index in [0.29, 0.717) is 21.8 Å². The first-order valence-corrected chi connectivity index (χ1v) is 8.51. The molecule has 0 saturated carbocycles. The van der Waals surface area contributed by atoms with Crippen LogP contribution in [0, 0.1) is 0 Å². The number of aliphatic imine (C=N–C) groups is 1. The van der Waals surface area contributed by atoms with Crippen molar-refractivity contribution in [2.24, 2.45) is 4.99 Å². The van der Waals surface area contributed by atoms with Gasteiger partial charge in [0, 0.05) is 21.8 Å². The van der Waals surface area contributed by atoms with Crippen LogP contribution in [-0.2, 0) is 5.72 Å². The molecule has 2 amide bonds. The number of benzene rings is 3. The molecule has 1 N–H and O–H groups in total. The average molecular weight is 363 g/mol. The summed E-state index contributed by atoms with van der Waals surface area (Å²) in [5, 5.41) is 12.3. The van der Waals surface area contributed by atoms with Crippen molar-refractivity contribution in [3.63, 3.8) is 0 Å². The van der Waals surface area contributed by atoms with Crippen molar-refractivity contribution in [3.8, 4) is 0 Å². The van der Waals surface area contributed by atoms with Crippen molar-refractivity contribution in [1.29, 1.82) is 0 Å². The van der Waals surface area contributed by atoms with Crippen molar-refractivity contribution in [2.75, 3.05) is 4.90 Å². The minimum absolute atomic E-state index is 0.286. The molecule has 0 fully saturated rings. The van der Waals surface area contributed by atoms with Crippen LogP contribution in [0.2, 0.25) is 5.02 Å². The van der Waals surface area contributed by atoms with Crippen molar-refractivity contribution >= 4 is 29.0 Å². The molecule has 1 aliphatic rings. The van der Waals surface area contributed by atoms with E-state index < -0.39 is 11.8 Å². The van der Waals surface area contributed by atoms with Gasteiger partial charge in [-0.2, -0.15) is 4.99 Å². The summed E-state index contributed by atoms with van der Waals surface area (Å²) < 4.78 is 0. The SMILES string of the molecule is O=C1N=C(c2ccccc2)C(O)(c2ccc(Cl)cc2)N1c1ccccc1. The molecule has 0 spiro atoms. The maximum absolute atomic E-state index is 12.8. The molecule has 1 unspecified atom stereocenters. The van der Waals surface area contributed by atoms with E-state index in [-0.39, 0.29) is 5.71 Å². The van der Waals surface area contributed by atoms with Crippen LogP contribution in [0.3, 0.4) is 0 Å². The highest BCUT2D eigenvalue weighted by atomic mass is 35.5. The minimum atomic E-state index is -1.73. The number of halogens is 1. The first-order valence-electron chi connectivity index (χ1n) is 8.13. The van der Waals surface area contributed by atoms with Gasteiger partial charge in [-0.05, 0) is 24.3 Å². The van der Waals surface area contributed by atoms with Gasteiger partial charge < -0.3 is 5.11 Å². The second-order valence-electron chi connectivity index (χ2n) is 5.96. The van der Waals surface area contributed by atoms with Gasteiger partial charge in [-0.25, -0.2) is 4.79 Å². The molecule has 4 nitrogen and oxygen atoms in total. The fourth-order valence-corrected chi connectivity index (χ4v) is 3.28. The fraction of sp³-hybridized carbons (Fsp3) is 0.0476. The molecule has 0 saturated heterocycles. The molecule has 3 aromatic rings. The fourth-order valence-electron chi connectivity index (χ4n) is 3.15. The summed E-state index contributed by atoms with van der Waals surface area (Å²) in [5.74, 6) is 0. The van der Waals surface area contributed by atoms with Crippen LogP contribution in [-0.4, -0.2) is 16.8 Å². The molecule has 1 heterocycles. The smallest absolute Gasteiger partial charge is 0.351 e. The summed E-state index contributed by atoms with van der Waals surface area (Å²) in [6, 6.07) is 24.5. The van der Waals surface area contributed by atoms with E-state index in [2.05, 4.69) is 4.99 Å². The predicted molar refractivity (Wildman–Crippen MR) is 103 cm³/mol. The number of amides is 2. The summed E-state index contributed by atoms with van der Waals surface area (Å²) >= 11 is 6.01. The predicted octanol–water partition coefficient (Wildman–Crippen LogP) is 4.61. The Morgan fingerprint density at radius 1 is 0.846 bits per heavy atom. The normalized spacial score (nSPS) is 19.5. The number of anilines is 1. The van der Waals surface area contributed by atoms with E-state index in [9.17, 15) is 9.90 Å². The van der Waals surface area contributed by atoms with Crippen molar-refractivity contribution in [2.45, 2.75) is 5.72 Å². The first-order chi connectivity index (χ1) is 12.6. The molecule has 128 valence electrons. The maximum Gasteiger partial charge on any atom is 0.351 e. The van der Waals surface area contributed by atoms with E-state index in [1.165, 1.54) is 4.90 Å². The Bertz CT molecular complexity index is 972. The number of carbonyl (C=O) groups is 1. The van der Waals surface area contributed by atoms with Gasteiger partial charge in [0.2, 0.25) is 5.72 Å². The Balaban J connectivity index is 1.93. The topological polar surface area (TPSA) is 52.9 Å². The van der Waals surface area contributed by atoms with Crippen molar-refractivity contribution < 1.29 is 9.90 Å². The van der Waals surface area contributed by atoms with E-state index in [0.717, 1.165) is 0 Å². The van der Waals surface area contributed by atoms with Crippen molar-refractivity contribution in [1.82, 2.24) is 0 Å². The summed E-state index contributed by atoms with van der Waals surface area (Å²) in [6.45, 7) is 0. The standard InChI is InChI=1S/C21H15ClN2O2/c22-17-13-11-16(12-14-17)21(26)19(15-7-3-1-4-8-15)23-20(25)24(21)18-9-5-2-6-10-18/h1-14,26H. The average Bonchev–Trinajstić information content (AvgIpc) is 2.95. The Labute approximate surface area is 156 Å². The van der Waals surface area contributed by atoms with Crippen LogP contribution in [0.25, 0.3) is 0 Å². The molecular formula is C21H15ClN2O2. The number of aliphatic hydroxyl groups is 1.